The fourth-order valence-corrected chi connectivity index (χ4v) is 4.64. The molecule has 1 aliphatic rings. The maximum absolute atomic E-state index is 12.9. The molecule has 5 heteroatoms. The van der Waals surface area contributed by atoms with Crippen LogP contribution in [0, 0.1) is 0 Å². The van der Waals surface area contributed by atoms with Gasteiger partial charge >= 0.3 is 0 Å². The van der Waals surface area contributed by atoms with Crippen LogP contribution in [0.15, 0.2) is 23.8 Å². The largest absolute Gasteiger partial charge is 0.497 e. The summed E-state index contributed by atoms with van der Waals surface area (Å²) in [7, 11) is 3.29. The van der Waals surface area contributed by atoms with E-state index in [1.54, 1.807) is 14.2 Å². The third kappa shape index (κ3) is 2.53. The van der Waals surface area contributed by atoms with E-state index < -0.39 is 11.1 Å². The first-order chi connectivity index (χ1) is 10.2. The Labute approximate surface area is 146 Å². The fraction of sp³-hybridized carbons (Fsp3) is 0.529. The van der Waals surface area contributed by atoms with E-state index >= 15 is 0 Å². The van der Waals surface area contributed by atoms with Crippen LogP contribution in [0.3, 0.4) is 0 Å². The van der Waals surface area contributed by atoms with Gasteiger partial charge in [0.1, 0.15) is 11.5 Å². The fourth-order valence-electron chi connectivity index (χ4n) is 3.33. The number of halogens is 1. The monoisotopic (exact) mass is 416 g/mol. The average Bonchev–Trinajstić information content (AvgIpc) is 2.63. The molecule has 121 valence electrons. The summed E-state index contributed by atoms with van der Waals surface area (Å²) in [6.07, 6.45) is 0. The van der Waals surface area contributed by atoms with Crippen molar-refractivity contribution in [2.45, 2.75) is 38.8 Å². The van der Waals surface area contributed by atoms with E-state index in [2.05, 4.69) is 22.6 Å². The number of rotatable bonds is 4. The molecule has 1 aromatic carbocycles. The average molecular weight is 416 g/mol. The lowest BCUT2D eigenvalue weighted by molar-refractivity contribution is -0.236. The molecule has 1 radical (unpaired) electrons. The molecule has 0 saturated carbocycles. The molecule has 0 amide bonds. The Morgan fingerprint density at radius 1 is 1.09 bits per heavy atom. The Bertz CT molecular complexity index is 608. The minimum atomic E-state index is -0.621. The Morgan fingerprint density at radius 3 is 2.23 bits per heavy atom. The number of ether oxygens (including phenoxy) is 2. The summed E-state index contributed by atoms with van der Waals surface area (Å²) in [4.78, 5) is 0. The van der Waals surface area contributed by atoms with E-state index in [1.807, 2.05) is 45.9 Å². The Balaban J connectivity index is 2.77. The van der Waals surface area contributed by atoms with Gasteiger partial charge in [0.25, 0.3) is 0 Å². The predicted molar refractivity (Wildman–Crippen MR) is 96.0 cm³/mol. The molecule has 0 saturated heterocycles. The Morgan fingerprint density at radius 2 is 1.73 bits per heavy atom. The Hall–Kier alpha value is -0.790. The number of hydrogen-bond donors (Lipinski definition) is 0. The van der Waals surface area contributed by atoms with Gasteiger partial charge in [-0.25, -0.2) is 0 Å². The van der Waals surface area contributed by atoms with Crippen molar-refractivity contribution in [2.75, 3.05) is 18.6 Å². The summed E-state index contributed by atoms with van der Waals surface area (Å²) >= 11 is 2.33. The molecule has 0 spiro atoms. The quantitative estimate of drug-likeness (QED) is 0.548. The zero-order valence-electron chi connectivity index (χ0n) is 14.0. The number of alkyl halides is 1. The van der Waals surface area contributed by atoms with E-state index in [1.165, 1.54) is 5.06 Å². The molecule has 0 unspecified atom stereocenters. The highest BCUT2D eigenvalue weighted by Crippen LogP contribution is 2.51. The molecule has 0 aromatic heterocycles. The van der Waals surface area contributed by atoms with Crippen LogP contribution in [0.4, 0.5) is 0 Å². The van der Waals surface area contributed by atoms with E-state index in [9.17, 15) is 5.21 Å². The first kappa shape index (κ1) is 17.6. The molecule has 0 aliphatic carbocycles. The van der Waals surface area contributed by atoms with E-state index in [0.29, 0.717) is 0 Å². The van der Waals surface area contributed by atoms with Crippen LogP contribution < -0.4 is 9.47 Å². The van der Waals surface area contributed by atoms with Crippen molar-refractivity contribution < 1.29 is 14.7 Å². The predicted octanol–water partition coefficient (Wildman–Crippen LogP) is 4.11. The van der Waals surface area contributed by atoms with Crippen LogP contribution >= 0.6 is 22.6 Å². The topological polar surface area (TPSA) is 41.6 Å². The first-order valence-corrected chi connectivity index (χ1v) is 8.74. The molecule has 1 heterocycles. The van der Waals surface area contributed by atoms with Crippen molar-refractivity contribution in [1.82, 2.24) is 5.06 Å². The van der Waals surface area contributed by atoms with E-state index in [-0.39, 0.29) is 0 Å². The molecule has 2 rings (SSSR count). The van der Waals surface area contributed by atoms with Crippen LogP contribution in [0.2, 0.25) is 0 Å². The molecular formula is C17H23INO3. The highest BCUT2D eigenvalue weighted by molar-refractivity contribution is 14.1. The van der Waals surface area contributed by atoms with Crippen molar-refractivity contribution >= 4 is 28.2 Å². The maximum atomic E-state index is 12.9. The first-order valence-electron chi connectivity index (χ1n) is 7.21. The minimum absolute atomic E-state index is 0.534. The second kappa shape index (κ2) is 6.02. The zero-order valence-corrected chi connectivity index (χ0v) is 16.1. The van der Waals surface area contributed by atoms with E-state index in [4.69, 9.17) is 9.47 Å². The third-order valence-corrected chi connectivity index (χ3v) is 5.24. The van der Waals surface area contributed by atoms with Gasteiger partial charge in [-0.1, -0.05) is 22.6 Å². The molecule has 4 nitrogen and oxygen atoms in total. The van der Waals surface area contributed by atoms with Crippen LogP contribution in [0.25, 0.3) is 5.57 Å². The Kier molecular flexibility index (Phi) is 4.80. The van der Waals surface area contributed by atoms with Gasteiger partial charge in [0.15, 0.2) is 0 Å². The van der Waals surface area contributed by atoms with Crippen molar-refractivity contribution in [2.24, 2.45) is 0 Å². The van der Waals surface area contributed by atoms with E-state index in [0.717, 1.165) is 32.6 Å². The summed E-state index contributed by atoms with van der Waals surface area (Å²) in [5.74, 6) is 1.52. The molecule has 1 aliphatic heterocycles. The standard InChI is InChI=1S/C17H23INO3/c1-16(2)13(10-18)15(17(3,4)19(16)20)12-9-11(21-5)7-8-14(12)22-6/h7-9H,10H2,1-6H3. The molecule has 0 fully saturated rings. The van der Waals surface area contributed by atoms with Gasteiger partial charge in [-0.15, -0.1) is 10.3 Å². The van der Waals surface area contributed by atoms with Gasteiger partial charge in [-0.2, -0.15) is 0 Å². The van der Waals surface area contributed by atoms with Gasteiger partial charge in [0.05, 0.1) is 25.3 Å². The van der Waals surface area contributed by atoms with Crippen molar-refractivity contribution in [3.63, 3.8) is 0 Å². The molecular weight excluding hydrogens is 393 g/mol. The second-order valence-electron chi connectivity index (χ2n) is 6.47. The molecule has 1 aromatic rings. The maximum Gasteiger partial charge on any atom is 0.126 e. The number of hydroxylamine groups is 2. The van der Waals surface area contributed by atoms with Crippen LogP contribution in [-0.4, -0.2) is 34.8 Å². The molecule has 0 atom stereocenters. The number of methoxy groups -OCH3 is 2. The van der Waals surface area contributed by atoms with Crippen molar-refractivity contribution in [3.05, 3.63) is 29.3 Å². The second-order valence-corrected chi connectivity index (χ2v) is 7.23. The van der Waals surface area contributed by atoms with Gasteiger partial charge in [0.2, 0.25) is 0 Å². The third-order valence-electron chi connectivity index (χ3n) is 4.48. The van der Waals surface area contributed by atoms with Crippen molar-refractivity contribution in [3.8, 4) is 11.5 Å². The summed E-state index contributed by atoms with van der Waals surface area (Å²) in [5, 5.41) is 14.1. The number of nitrogens with zero attached hydrogens (tertiary/aromatic N) is 1. The van der Waals surface area contributed by atoms with Gasteiger partial charge < -0.3 is 9.47 Å². The zero-order chi connectivity index (χ0) is 16.7. The SMILES string of the molecule is COc1ccc(OC)c(C2=C(CI)C(C)(C)N([O])C2(C)C)c1. The molecule has 0 bridgehead atoms. The number of hydrogen-bond acceptors (Lipinski definition) is 3. The molecule has 0 N–H and O–H groups in total. The van der Waals surface area contributed by atoms with Gasteiger partial charge in [0, 0.05) is 9.99 Å². The van der Waals surface area contributed by atoms with Crippen LogP contribution in [0.1, 0.15) is 33.3 Å². The van der Waals surface area contributed by atoms with Crippen LogP contribution in [0.5, 0.6) is 11.5 Å². The van der Waals surface area contributed by atoms with Crippen molar-refractivity contribution in [1.29, 1.82) is 0 Å². The summed E-state index contributed by atoms with van der Waals surface area (Å²) < 4.78 is 11.7. The van der Waals surface area contributed by atoms with Crippen LogP contribution in [-0.2, 0) is 5.21 Å². The van der Waals surface area contributed by atoms with Gasteiger partial charge in [-0.05, 0) is 57.0 Å². The highest BCUT2D eigenvalue weighted by Gasteiger charge is 2.52. The smallest absolute Gasteiger partial charge is 0.126 e. The summed E-state index contributed by atoms with van der Waals surface area (Å²) in [5.41, 5.74) is 1.96. The summed E-state index contributed by atoms with van der Waals surface area (Å²) in [6.45, 7) is 7.90. The normalized spacial score (nSPS) is 20.4. The number of benzene rings is 1. The lowest BCUT2D eigenvalue weighted by Crippen LogP contribution is -2.47. The van der Waals surface area contributed by atoms with Gasteiger partial charge in [-0.3, -0.25) is 0 Å². The molecule has 22 heavy (non-hydrogen) atoms. The highest BCUT2D eigenvalue weighted by atomic mass is 127. The lowest BCUT2D eigenvalue weighted by atomic mass is 9.86. The summed E-state index contributed by atoms with van der Waals surface area (Å²) in [6, 6.07) is 5.72. The minimum Gasteiger partial charge on any atom is -0.497 e. The lowest BCUT2D eigenvalue weighted by Gasteiger charge is -2.34.